The molecule has 0 aliphatic carbocycles. The molecule has 1 atom stereocenters. The maximum atomic E-state index is 13.8. The first-order chi connectivity index (χ1) is 20.5. The third-order valence-electron chi connectivity index (χ3n) is 8.36. The van der Waals surface area contributed by atoms with Gasteiger partial charge in [0.2, 0.25) is 6.79 Å². The molecule has 7 rings (SSSR count). The Balaban J connectivity index is 1.21. The Kier molecular flexibility index (Phi) is 6.93. The fourth-order valence-electron chi connectivity index (χ4n) is 6.05. The molecule has 10 nitrogen and oxygen atoms in total. The summed E-state index contributed by atoms with van der Waals surface area (Å²) in [5.41, 5.74) is 5.86. The summed E-state index contributed by atoms with van der Waals surface area (Å²) < 4.78 is 12.9. The number of aromatic amines is 1. The van der Waals surface area contributed by atoms with Gasteiger partial charge in [-0.2, -0.15) is 0 Å². The highest BCUT2D eigenvalue weighted by Crippen LogP contribution is 2.33. The average Bonchev–Trinajstić information content (AvgIpc) is 3.67. The number of nitrogens with one attached hydrogen (secondary N) is 1. The number of aromatic nitrogens is 5. The van der Waals surface area contributed by atoms with Gasteiger partial charge in [-0.1, -0.05) is 48.5 Å². The SMILES string of the molecule is Cc1ccc(C)c2[nH]c(=O)c(C(c3nnnn3Cc3ccccc3)N3CCN(Cc4ccc5c(c4)OCO5)CC3)cc12. The van der Waals surface area contributed by atoms with Crippen LogP contribution < -0.4 is 15.0 Å². The van der Waals surface area contributed by atoms with Gasteiger partial charge in [-0.15, -0.1) is 5.10 Å². The van der Waals surface area contributed by atoms with E-state index in [1.54, 1.807) is 0 Å². The van der Waals surface area contributed by atoms with Crippen molar-refractivity contribution >= 4 is 10.9 Å². The molecule has 0 radical (unpaired) electrons. The van der Waals surface area contributed by atoms with Crippen LogP contribution in [0.25, 0.3) is 10.9 Å². The lowest BCUT2D eigenvalue weighted by molar-refractivity contribution is 0.0998. The largest absolute Gasteiger partial charge is 0.454 e. The van der Waals surface area contributed by atoms with E-state index in [1.807, 2.05) is 48.0 Å². The van der Waals surface area contributed by atoms with Crippen molar-refractivity contribution in [2.45, 2.75) is 33.0 Å². The molecule has 1 saturated heterocycles. The molecule has 1 fully saturated rings. The van der Waals surface area contributed by atoms with Gasteiger partial charge in [0.15, 0.2) is 17.3 Å². The molecule has 2 aliphatic heterocycles. The molecule has 0 saturated carbocycles. The fraction of sp³-hybridized carbons (Fsp3) is 0.312. The van der Waals surface area contributed by atoms with Crippen LogP contribution in [0.3, 0.4) is 0 Å². The molecule has 10 heteroatoms. The van der Waals surface area contributed by atoms with Crippen LogP contribution in [0.5, 0.6) is 11.5 Å². The molecular formula is C32H33N7O3. The zero-order valence-electron chi connectivity index (χ0n) is 23.8. The normalized spacial score (nSPS) is 16.2. The maximum Gasteiger partial charge on any atom is 0.253 e. The predicted molar refractivity (Wildman–Crippen MR) is 159 cm³/mol. The van der Waals surface area contributed by atoms with E-state index < -0.39 is 6.04 Å². The molecule has 42 heavy (non-hydrogen) atoms. The Morgan fingerprint density at radius 1 is 0.857 bits per heavy atom. The molecular weight excluding hydrogens is 530 g/mol. The minimum absolute atomic E-state index is 0.113. The second kappa shape index (κ2) is 11.0. The van der Waals surface area contributed by atoms with Crippen molar-refractivity contribution in [3.05, 3.63) is 111 Å². The number of aryl methyl sites for hydroxylation is 2. The van der Waals surface area contributed by atoms with Crippen LogP contribution in [0.2, 0.25) is 0 Å². The molecule has 2 aromatic heterocycles. The standard InChI is InChI=1S/C32H33N7O3/c1-21-8-9-22(2)29-25(21)17-26(32(40)33-29)30(31-34-35-36-39(31)19-23-6-4-3-5-7-23)38-14-12-37(13-15-38)18-24-10-11-27-28(16-24)42-20-41-27/h3-11,16-17,30H,12-15,18-20H2,1-2H3,(H,33,40). The van der Waals surface area contributed by atoms with E-state index in [-0.39, 0.29) is 12.4 Å². The van der Waals surface area contributed by atoms with Crippen molar-refractivity contribution < 1.29 is 9.47 Å². The Morgan fingerprint density at radius 2 is 1.64 bits per heavy atom. The quantitative estimate of drug-likeness (QED) is 0.319. The summed E-state index contributed by atoms with van der Waals surface area (Å²) in [7, 11) is 0. The zero-order valence-corrected chi connectivity index (χ0v) is 23.8. The summed E-state index contributed by atoms with van der Waals surface area (Å²) in [6.45, 7) is 8.92. The van der Waals surface area contributed by atoms with Gasteiger partial charge in [0.1, 0.15) is 6.04 Å². The van der Waals surface area contributed by atoms with E-state index in [1.165, 1.54) is 5.56 Å². The molecule has 4 heterocycles. The number of H-pyrrole nitrogens is 1. The average molecular weight is 564 g/mol. The Hall–Kier alpha value is -4.54. The molecule has 0 spiro atoms. The highest BCUT2D eigenvalue weighted by Gasteiger charge is 2.33. The summed E-state index contributed by atoms with van der Waals surface area (Å²) in [6, 6.07) is 22.1. The first-order valence-corrected chi connectivity index (χ1v) is 14.3. The maximum absolute atomic E-state index is 13.8. The van der Waals surface area contributed by atoms with E-state index >= 15 is 0 Å². The lowest BCUT2D eigenvalue weighted by Gasteiger charge is -2.38. The van der Waals surface area contributed by atoms with Gasteiger partial charge in [-0.25, -0.2) is 4.68 Å². The number of ether oxygens (including phenoxy) is 2. The number of nitrogens with zero attached hydrogens (tertiary/aromatic N) is 6. The van der Waals surface area contributed by atoms with Gasteiger partial charge in [-0.05, 0) is 64.7 Å². The van der Waals surface area contributed by atoms with Crippen LogP contribution in [0.15, 0.2) is 71.5 Å². The van der Waals surface area contributed by atoms with Crippen molar-refractivity contribution in [1.82, 2.24) is 35.0 Å². The fourth-order valence-corrected chi connectivity index (χ4v) is 6.05. The van der Waals surface area contributed by atoms with Crippen LogP contribution in [0, 0.1) is 13.8 Å². The van der Waals surface area contributed by atoms with E-state index in [4.69, 9.17) is 9.47 Å². The van der Waals surface area contributed by atoms with Crippen molar-refractivity contribution in [2.24, 2.45) is 0 Å². The first kappa shape index (κ1) is 26.4. The molecule has 3 aromatic carbocycles. The Morgan fingerprint density at radius 3 is 2.48 bits per heavy atom. The lowest BCUT2D eigenvalue weighted by atomic mass is 9.99. The molecule has 2 aliphatic rings. The van der Waals surface area contributed by atoms with Gasteiger partial charge >= 0.3 is 0 Å². The van der Waals surface area contributed by atoms with Crippen molar-refractivity contribution in [3.63, 3.8) is 0 Å². The number of rotatable bonds is 7. The van der Waals surface area contributed by atoms with Gasteiger partial charge in [-0.3, -0.25) is 14.6 Å². The van der Waals surface area contributed by atoms with Crippen molar-refractivity contribution in [3.8, 4) is 11.5 Å². The summed E-state index contributed by atoms with van der Waals surface area (Å²) in [4.78, 5) is 21.7. The van der Waals surface area contributed by atoms with Gasteiger partial charge < -0.3 is 14.5 Å². The van der Waals surface area contributed by atoms with E-state index in [2.05, 4.69) is 67.6 Å². The van der Waals surface area contributed by atoms with Gasteiger partial charge in [0, 0.05) is 43.7 Å². The van der Waals surface area contributed by atoms with Gasteiger partial charge in [0.25, 0.3) is 5.56 Å². The third kappa shape index (κ3) is 5.03. The smallest absolute Gasteiger partial charge is 0.253 e. The zero-order chi connectivity index (χ0) is 28.6. The number of fused-ring (bicyclic) bond motifs is 2. The summed E-state index contributed by atoms with van der Waals surface area (Å²) >= 11 is 0. The molecule has 0 bridgehead atoms. The Labute approximate surface area is 243 Å². The van der Waals surface area contributed by atoms with E-state index in [9.17, 15) is 4.79 Å². The monoisotopic (exact) mass is 563 g/mol. The number of hydrogen-bond donors (Lipinski definition) is 1. The summed E-state index contributed by atoms with van der Waals surface area (Å²) in [5.74, 6) is 2.27. The Bertz CT molecular complexity index is 1790. The molecule has 5 aromatic rings. The number of piperazine rings is 1. The highest BCUT2D eigenvalue weighted by molar-refractivity contribution is 5.85. The minimum Gasteiger partial charge on any atom is -0.454 e. The number of hydrogen-bond acceptors (Lipinski definition) is 8. The highest BCUT2D eigenvalue weighted by atomic mass is 16.7. The third-order valence-corrected chi connectivity index (χ3v) is 8.36. The second-order valence-electron chi connectivity index (χ2n) is 11.1. The summed E-state index contributed by atoms with van der Waals surface area (Å²) in [5, 5.41) is 14.0. The van der Waals surface area contributed by atoms with Crippen molar-refractivity contribution in [2.75, 3.05) is 33.0 Å². The molecule has 214 valence electrons. The molecule has 1 N–H and O–H groups in total. The summed E-state index contributed by atoms with van der Waals surface area (Å²) in [6.07, 6.45) is 0. The number of pyridine rings is 1. The number of tetrazole rings is 1. The van der Waals surface area contributed by atoms with Gasteiger partial charge in [0.05, 0.1) is 12.1 Å². The molecule has 1 unspecified atom stereocenters. The number of benzene rings is 3. The minimum atomic E-state index is -0.399. The second-order valence-corrected chi connectivity index (χ2v) is 11.1. The predicted octanol–water partition coefficient (Wildman–Crippen LogP) is 3.82. The topological polar surface area (TPSA) is 101 Å². The van der Waals surface area contributed by atoms with Crippen LogP contribution >= 0.6 is 0 Å². The lowest BCUT2D eigenvalue weighted by Crippen LogP contribution is -2.48. The van der Waals surface area contributed by atoms with E-state index in [0.717, 1.165) is 71.8 Å². The van der Waals surface area contributed by atoms with Crippen LogP contribution in [0.1, 0.15) is 39.7 Å². The first-order valence-electron chi connectivity index (χ1n) is 14.3. The van der Waals surface area contributed by atoms with Crippen molar-refractivity contribution in [1.29, 1.82) is 0 Å². The van der Waals surface area contributed by atoms with Crippen LogP contribution in [0.4, 0.5) is 0 Å². The van der Waals surface area contributed by atoms with Crippen LogP contribution in [-0.4, -0.2) is 68.0 Å². The van der Waals surface area contributed by atoms with E-state index in [0.29, 0.717) is 17.9 Å². The van der Waals surface area contributed by atoms with Crippen LogP contribution in [-0.2, 0) is 13.1 Å². The molecule has 0 amide bonds.